The Labute approximate surface area is 283 Å². The van der Waals surface area contributed by atoms with Crippen molar-refractivity contribution < 1.29 is 18.0 Å². The third kappa shape index (κ3) is 9.10. The first-order valence-electron chi connectivity index (χ1n) is 14.3. The zero-order valence-corrected chi connectivity index (χ0v) is 28.8. The highest BCUT2D eigenvalue weighted by molar-refractivity contribution is 9.10. The summed E-state index contributed by atoms with van der Waals surface area (Å²) in [6.07, 6.45) is 0.216. The van der Waals surface area contributed by atoms with Crippen LogP contribution in [0.5, 0.6) is 0 Å². The molecule has 236 valence electrons. The Morgan fingerprint density at radius 3 is 2.11 bits per heavy atom. The molecule has 1 atom stereocenters. The standard InChI is InChI=1S/C34H34BrCl2N3O4S/c1-24(2)21-38-34(42)31(20-25-11-5-3-6-12-25)39(22-26-13-9-14-27(35)19-26)32(41)23-40(30-18-10-17-29(36)33(30)37)45(43,44)28-15-7-4-8-16-28/h3-19,24,31H,20-23H2,1-2H3,(H,38,42)/t31-/m0/s1. The molecule has 0 radical (unpaired) electrons. The Morgan fingerprint density at radius 2 is 1.47 bits per heavy atom. The van der Waals surface area contributed by atoms with Gasteiger partial charge in [-0.2, -0.15) is 0 Å². The Balaban J connectivity index is 1.82. The van der Waals surface area contributed by atoms with E-state index in [1.165, 1.54) is 29.2 Å². The van der Waals surface area contributed by atoms with Crippen molar-refractivity contribution in [2.75, 3.05) is 17.4 Å². The maximum Gasteiger partial charge on any atom is 0.264 e. The number of nitrogens with zero attached hydrogens (tertiary/aromatic N) is 2. The molecule has 1 N–H and O–H groups in total. The molecule has 0 aliphatic heterocycles. The van der Waals surface area contributed by atoms with Crippen LogP contribution < -0.4 is 9.62 Å². The molecule has 0 aromatic heterocycles. The van der Waals surface area contributed by atoms with E-state index >= 15 is 0 Å². The Morgan fingerprint density at radius 1 is 0.844 bits per heavy atom. The molecule has 0 spiro atoms. The van der Waals surface area contributed by atoms with E-state index in [0.717, 1.165) is 19.9 Å². The Kier molecular flexibility index (Phi) is 12.1. The summed E-state index contributed by atoms with van der Waals surface area (Å²) in [6, 6.07) is 28.3. The summed E-state index contributed by atoms with van der Waals surface area (Å²) in [4.78, 5) is 29.8. The number of anilines is 1. The van der Waals surface area contributed by atoms with E-state index in [0.29, 0.717) is 6.54 Å². The van der Waals surface area contributed by atoms with Gasteiger partial charge in [-0.1, -0.05) is 120 Å². The van der Waals surface area contributed by atoms with Gasteiger partial charge in [0.1, 0.15) is 12.6 Å². The number of hydrogen-bond donors (Lipinski definition) is 1. The number of benzene rings is 4. The number of sulfonamides is 1. The van der Waals surface area contributed by atoms with Crippen molar-refractivity contribution in [2.45, 2.75) is 37.8 Å². The van der Waals surface area contributed by atoms with Crippen molar-refractivity contribution in [3.8, 4) is 0 Å². The normalized spacial score (nSPS) is 12.0. The number of hydrogen-bond acceptors (Lipinski definition) is 4. The van der Waals surface area contributed by atoms with Crippen molar-refractivity contribution in [2.24, 2.45) is 5.92 Å². The minimum absolute atomic E-state index is 0.0134. The minimum atomic E-state index is -4.29. The van der Waals surface area contributed by atoms with Crippen LogP contribution in [0.1, 0.15) is 25.0 Å². The highest BCUT2D eigenvalue weighted by atomic mass is 79.9. The second kappa shape index (κ2) is 15.8. The summed E-state index contributed by atoms with van der Waals surface area (Å²) in [6.45, 7) is 3.80. The predicted octanol–water partition coefficient (Wildman–Crippen LogP) is 7.36. The number of amides is 2. The third-order valence-electron chi connectivity index (χ3n) is 7.01. The van der Waals surface area contributed by atoms with Gasteiger partial charge in [-0.3, -0.25) is 13.9 Å². The third-order valence-corrected chi connectivity index (χ3v) is 10.1. The molecule has 4 aromatic rings. The van der Waals surface area contributed by atoms with Gasteiger partial charge in [-0.05, 0) is 53.4 Å². The van der Waals surface area contributed by atoms with Crippen LogP contribution in [0, 0.1) is 5.92 Å². The van der Waals surface area contributed by atoms with Gasteiger partial charge in [0.05, 0.1) is 20.6 Å². The van der Waals surface area contributed by atoms with Gasteiger partial charge in [-0.15, -0.1) is 0 Å². The fraction of sp³-hybridized carbons (Fsp3) is 0.235. The summed E-state index contributed by atoms with van der Waals surface area (Å²) in [7, 11) is -4.29. The molecule has 0 saturated carbocycles. The molecular formula is C34H34BrCl2N3O4S. The van der Waals surface area contributed by atoms with Gasteiger partial charge in [0.15, 0.2) is 0 Å². The number of rotatable bonds is 13. The Bertz CT molecular complexity index is 1720. The van der Waals surface area contributed by atoms with E-state index in [4.69, 9.17) is 23.2 Å². The maximum absolute atomic E-state index is 14.5. The van der Waals surface area contributed by atoms with Gasteiger partial charge in [0.2, 0.25) is 11.8 Å². The lowest BCUT2D eigenvalue weighted by molar-refractivity contribution is -0.140. The lowest BCUT2D eigenvalue weighted by Crippen LogP contribution is -2.53. The quantitative estimate of drug-likeness (QED) is 0.156. The fourth-order valence-corrected chi connectivity index (χ4v) is 7.07. The van der Waals surface area contributed by atoms with Crippen LogP contribution in [0.3, 0.4) is 0 Å². The summed E-state index contributed by atoms with van der Waals surface area (Å²) in [5, 5.41) is 3.10. The lowest BCUT2D eigenvalue weighted by atomic mass is 10.0. The topological polar surface area (TPSA) is 86.8 Å². The lowest BCUT2D eigenvalue weighted by Gasteiger charge is -2.34. The average molecular weight is 732 g/mol. The molecule has 45 heavy (non-hydrogen) atoms. The van der Waals surface area contributed by atoms with Gasteiger partial charge in [-0.25, -0.2) is 8.42 Å². The van der Waals surface area contributed by atoms with Crippen LogP contribution >= 0.6 is 39.1 Å². The van der Waals surface area contributed by atoms with Crippen molar-refractivity contribution in [3.63, 3.8) is 0 Å². The van der Waals surface area contributed by atoms with E-state index in [2.05, 4.69) is 21.2 Å². The summed E-state index contributed by atoms with van der Waals surface area (Å²) in [5.41, 5.74) is 1.65. The summed E-state index contributed by atoms with van der Waals surface area (Å²) < 4.78 is 30.0. The molecular weight excluding hydrogens is 697 g/mol. The minimum Gasteiger partial charge on any atom is -0.354 e. The van der Waals surface area contributed by atoms with E-state index in [9.17, 15) is 18.0 Å². The van der Waals surface area contributed by atoms with Gasteiger partial charge in [0.25, 0.3) is 10.0 Å². The number of nitrogens with one attached hydrogen (secondary N) is 1. The average Bonchev–Trinajstić information content (AvgIpc) is 3.02. The number of halogens is 3. The number of carbonyl (C=O) groups excluding carboxylic acids is 2. The molecule has 7 nitrogen and oxygen atoms in total. The molecule has 11 heteroatoms. The van der Waals surface area contributed by atoms with Crippen LogP contribution in [-0.2, 0) is 32.6 Å². The smallest absolute Gasteiger partial charge is 0.264 e. The molecule has 0 saturated heterocycles. The molecule has 0 unspecified atom stereocenters. The summed E-state index contributed by atoms with van der Waals surface area (Å²) in [5.74, 6) is -0.752. The molecule has 0 bridgehead atoms. The van der Waals surface area contributed by atoms with Crippen molar-refractivity contribution >= 4 is 66.7 Å². The molecule has 2 amide bonds. The summed E-state index contributed by atoms with van der Waals surface area (Å²) >= 11 is 16.4. The van der Waals surface area contributed by atoms with Gasteiger partial charge < -0.3 is 10.2 Å². The SMILES string of the molecule is CC(C)CNC(=O)[C@H](Cc1ccccc1)N(Cc1cccc(Br)c1)C(=O)CN(c1cccc(Cl)c1Cl)S(=O)(=O)c1ccccc1. The second-order valence-corrected chi connectivity index (χ2v) is 14.5. The molecule has 4 rings (SSSR count). The van der Waals surface area contributed by atoms with Crippen LogP contribution in [-0.4, -0.2) is 44.3 Å². The molecule has 0 aliphatic rings. The van der Waals surface area contributed by atoms with Crippen LogP contribution in [0.2, 0.25) is 10.0 Å². The zero-order valence-electron chi connectivity index (χ0n) is 24.9. The van der Waals surface area contributed by atoms with E-state index < -0.39 is 28.5 Å². The first kappa shape index (κ1) is 34.5. The monoisotopic (exact) mass is 729 g/mol. The highest BCUT2D eigenvalue weighted by Crippen LogP contribution is 2.35. The van der Waals surface area contributed by atoms with E-state index in [-0.39, 0.29) is 45.4 Å². The van der Waals surface area contributed by atoms with Gasteiger partial charge in [0, 0.05) is 24.0 Å². The van der Waals surface area contributed by atoms with E-state index in [1.807, 2.05) is 68.4 Å². The maximum atomic E-state index is 14.5. The van der Waals surface area contributed by atoms with Crippen molar-refractivity contribution in [1.82, 2.24) is 10.2 Å². The van der Waals surface area contributed by atoms with Gasteiger partial charge >= 0.3 is 0 Å². The molecule has 0 heterocycles. The molecule has 0 aliphatic carbocycles. The Hall–Kier alpha value is -3.37. The van der Waals surface area contributed by atoms with Crippen LogP contribution in [0.25, 0.3) is 0 Å². The second-order valence-electron chi connectivity index (χ2n) is 10.9. The predicted molar refractivity (Wildman–Crippen MR) is 184 cm³/mol. The highest BCUT2D eigenvalue weighted by Gasteiger charge is 2.35. The largest absolute Gasteiger partial charge is 0.354 e. The van der Waals surface area contributed by atoms with Crippen LogP contribution in [0.4, 0.5) is 5.69 Å². The first-order chi connectivity index (χ1) is 21.5. The van der Waals surface area contributed by atoms with Crippen LogP contribution in [0.15, 0.2) is 112 Å². The molecule has 4 aromatic carbocycles. The van der Waals surface area contributed by atoms with E-state index in [1.54, 1.807) is 24.3 Å². The zero-order chi connectivity index (χ0) is 32.6. The first-order valence-corrected chi connectivity index (χ1v) is 17.3. The van der Waals surface area contributed by atoms with Crippen molar-refractivity contribution in [1.29, 1.82) is 0 Å². The molecule has 0 fully saturated rings. The number of carbonyl (C=O) groups is 2. The van der Waals surface area contributed by atoms with Crippen molar-refractivity contribution in [3.05, 3.63) is 129 Å². The fourth-order valence-electron chi connectivity index (χ4n) is 4.73.